The Hall–Kier alpha value is -0.770. The zero-order valence-corrected chi connectivity index (χ0v) is 15.6. The van der Waals surface area contributed by atoms with Gasteiger partial charge < -0.3 is 20.1 Å². The maximum atomic E-state index is 12.7. The molecule has 3 N–H and O–H groups in total. The predicted molar refractivity (Wildman–Crippen MR) is 95.2 cm³/mol. The number of hydrogen-bond acceptors (Lipinski definition) is 8. The van der Waals surface area contributed by atoms with Gasteiger partial charge in [-0.1, -0.05) is 0 Å². The van der Waals surface area contributed by atoms with Gasteiger partial charge in [-0.25, -0.2) is 0 Å². The summed E-state index contributed by atoms with van der Waals surface area (Å²) in [6.07, 6.45) is 4.07. The Morgan fingerprint density at radius 2 is 1.23 bits per heavy atom. The van der Waals surface area contributed by atoms with E-state index in [4.69, 9.17) is 4.74 Å². The van der Waals surface area contributed by atoms with E-state index < -0.39 is 5.41 Å². The summed E-state index contributed by atoms with van der Waals surface area (Å²) in [7, 11) is 0. The molecule has 0 aliphatic carbocycles. The molecule has 0 radical (unpaired) electrons. The van der Waals surface area contributed by atoms with Crippen molar-refractivity contribution in [3.8, 4) is 0 Å². The van der Waals surface area contributed by atoms with Crippen LogP contribution in [-0.4, -0.2) is 107 Å². The molecule has 26 heavy (non-hydrogen) atoms. The number of ether oxygens (including phenoxy) is 1. The van der Waals surface area contributed by atoms with Crippen LogP contribution in [0.5, 0.6) is 0 Å². The van der Waals surface area contributed by atoms with Gasteiger partial charge in [0.15, 0.2) is 0 Å². The Kier molecular flexibility index (Phi) is 6.53. The number of nitrogens with zero attached hydrogens (tertiary/aromatic N) is 3. The van der Waals surface area contributed by atoms with Gasteiger partial charge in [0.25, 0.3) is 0 Å². The molecule has 0 aromatic heterocycles. The van der Waals surface area contributed by atoms with Crippen molar-refractivity contribution >= 4 is 5.97 Å². The van der Waals surface area contributed by atoms with Crippen molar-refractivity contribution in [3.63, 3.8) is 0 Å². The highest BCUT2D eigenvalue weighted by atomic mass is 16.5. The predicted octanol–water partition coefficient (Wildman–Crippen LogP) is -0.956. The topological polar surface area (TPSA) is 96.7 Å². The van der Waals surface area contributed by atoms with E-state index in [0.29, 0.717) is 6.42 Å². The summed E-state index contributed by atoms with van der Waals surface area (Å²) in [5.41, 5.74) is -0.996. The number of aliphatic hydroxyl groups excluding tert-OH is 3. The van der Waals surface area contributed by atoms with E-state index in [0.717, 1.165) is 39.3 Å². The molecule has 3 heterocycles. The van der Waals surface area contributed by atoms with Crippen molar-refractivity contribution in [2.75, 3.05) is 65.7 Å². The van der Waals surface area contributed by atoms with E-state index in [1.165, 1.54) is 19.3 Å². The van der Waals surface area contributed by atoms with Crippen LogP contribution in [0.25, 0.3) is 0 Å². The molecule has 3 saturated heterocycles. The molecule has 0 aromatic carbocycles. The van der Waals surface area contributed by atoms with Crippen LogP contribution in [0.3, 0.4) is 0 Å². The first-order chi connectivity index (χ1) is 12.6. The Labute approximate surface area is 155 Å². The number of esters is 1. The summed E-state index contributed by atoms with van der Waals surface area (Å²) in [6, 6.07) is 0. The zero-order valence-electron chi connectivity index (χ0n) is 15.6. The van der Waals surface area contributed by atoms with Crippen LogP contribution in [0.1, 0.15) is 32.1 Å². The molecule has 0 aromatic rings. The second-order valence-electron chi connectivity index (χ2n) is 7.92. The number of carbonyl (C=O) groups excluding carboxylic acids is 1. The van der Waals surface area contributed by atoms with Crippen molar-refractivity contribution in [2.24, 2.45) is 5.41 Å². The first kappa shape index (κ1) is 20.0. The fraction of sp³-hybridized carbons (Fsp3) is 0.944. The molecule has 0 atom stereocenters. The van der Waals surface area contributed by atoms with E-state index >= 15 is 0 Å². The van der Waals surface area contributed by atoms with Crippen LogP contribution in [0.15, 0.2) is 0 Å². The molecule has 8 nitrogen and oxygen atoms in total. The third-order valence-electron chi connectivity index (χ3n) is 6.37. The first-order valence-corrected chi connectivity index (χ1v) is 9.84. The lowest BCUT2D eigenvalue weighted by molar-refractivity contribution is -0.234. The summed E-state index contributed by atoms with van der Waals surface area (Å²) in [5, 5.41) is 28.2. The van der Waals surface area contributed by atoms with Crippen LogP contribution in [0.2, 0.25) is 0 Å². The van der Waals surface area contributed by atoms with Crippen molar-refractivity contribution < 1.29 is 24.9 Å². The van der Waals surface area contributed by atoms with Gasteiger partial charge in [0.2, 0.25) is 0 Å². The van der Waals surface area contributed by atoms with Gasteiger partial charge in [-0.05, 0) is 25.7 Å². The number of hydrogen-bond donors (Lipinski definition) is 3. The minimum atomic E-state index is -0.996. The molecule has 3 fully saturated rings. The molecule has 3 aliphatic rings. The smallest absolute Gasteiger partial charge is 0.310 e. The second kappa shape index (κ2) is 8.50. The SMILES string of the molecule is O=C(CC(N1CCC1)(N1CCC1)N1CCC1)OCCC(CO)(CO)CO. The van der Waals surface area contributed by atoms with Crippen molar-refractivity contribution in [1.82, 2.24) is 14.7 Å². The summed E-state index contributed by atoms with van der Waals surface area (Å²) in [6.45, 7) is 5.19. The van der Waals surface area contributed by atoms with Crippen LogP contribution in [0, 0.1) is 5.41 Å². The Balaban J connectivity index is 1.60. The van der Waals surface area contributed by atoms with Gasteiger partial charge in [-0.2, -0.15) is 0 Å². The highest BCUT2D eigenvalue weighted by molar-refractivity contribution is 5.71. The molecule has 8 heteroatoms. The summed E-state index contributed by atoms with van der Waals surface area (Å²) >= 11 is 0. The Morgan fingerprint density at radius 1 is 0.808 bits per heavy atom. The third kappa shape index (κ3) is 3.63. The Bertz CT molecular complexity index is 429. The van der Waals surface area contributed by atoms with E-state index in [1.54, 1.807) is 0 Å². The molecule has 0 bridgehead atoms. The highest BCUT2D eigenvalue weighted by Gasteiger charge is 2.53. The molecule has 3 aliphatic heterocycles. The summed E-state index contributed by atoms with van der Waals surface area (Å²) < 4.78 is 5.46. The van der Waals surface area contributed by atoms with Crippen molar-refractivity contribution in [3.05, 3.63) is 0 Å². The number of rotatable bonds is 11. The molecular formula is C18H33N3O5. The third-order valence-corrected chi connectivity index (χ3v) is 6.37. The maximum Gasteiger partial charge on any atom is 0.310 e. The van der Waals surface area contributed by atoms with E-state index in [9.17, 15) is 20.1 Å². The number of carbonyl (C=O) groups is 1. The molecular weight excluding hydrogens is 338 g/mol. The molecule has 0 spiro atoms. The standard InChI is InChI=1S/C18H33N3O5/c22-13-17(14-23,15-24)4-11-26-16(25)12-18(19-5-1-6-19,20-7-2-8-20)21-9-3-10-21/h22-24H,1-15H2. The van der Waals surface area contributed by atoms with Crippen molar-refractivity contribution in [1.29, 1.82) is 0 Å². The Morgan fingerprint density at radius 3 is 1.54 bits per heavy atom. The average molecular weight is 371 g/mol. The fourth-order valence-corrected chi connectivity index (χ4v) is 3.97. The lowest BCUT2D eigenvalue weighted by atomic mass is 9.88. The molecule has 150 valence electrons. The molecule has 0 saturated carbocycles. The summed E-state index contributed by atoms with van der Waals surface area (Å²) in [5.74, 6) is -0.591. The van der Waals surface area contributed by atoms with Gasteiger partial charge in [0.05, 0.1) is 32.8 Å². The molecule has 0 amide bonds. The summed E-state index contributed by atoms with van der Waals surface area (Å²) in [4.78, 5) is 19.9. The number of likely N-dealkylation sites (tertiary alicyclic amines) is 3. The fourth-order valence-electron chi connectivity index (χ4n) is 3.97. The van der Waals surface area contributed by atoms with Gasteiger partial charge in [0, 0.05) is 44.7 Å². The normalized spacial score (nSPS) is 22.4. The van der Waals surface area contributed by atoms with Gasteiger partial charge in [-0.15, -0.1) is 0 Å². The quantitative estimate of drug-likeness (QED) is 0.400. The van der Waals surface area contributed by atoms with Crippen LogP contribution >= 0.6 is 0 Å². The molecule has 0 unspecified atom stereocenters. The van der Waals surface area contributed by atoms with Crippen LogP contribution in [0.4, 0.5) is 0 Å². The average Bonchev–Trinajstić information content (AvgIpc) is 2.46. The van der Waals surface area contributed by atoms with Crippen molar-refractivity contribution in [2.45, 2.75) is 37.9 Å². The van der Waals surface area contributed by atoms with Gasteiger partial charge >= 0.3 is 5.97 Å². The van der Waals surface area contributed by atoms with Gasteiger partial charge in [-0.3, -0.25) is 19.5 Å². The first-order valence-electron chi connectivity index (χ1n) is 9.84. The largest absolute Gasteiger partial charge is 0.466 e. The van der Waals surface area contributed by atoms with E-state index in [2.05, 4.69) is 14.7 Å². The van der Waals surface area contributed by atoms with Crippen LogP contribution in [-0.2, 0) is 9.53 Å². The van der Waals surface area contributed by atoms with Crippen LogP contribution < -0.4 is 0 Å². The monoisotopic (exact) mass is 371 g/mol. The number of aliphatic hydroxyl groups is 3. The van der Waals surface area contributed by atoms with E-state index in [-0.39, 0.29) is 44.6 Å². The van der Waals surface area contributed by atoms with E-state index in [1.807, 2.05) is 0 Å². The minimum absolute atomic E-state index is 0.0938. The second-order valence-corrected chi connectivity index (χ2v) is 7.92. The minimum Gasteiger partial charge on any atom is -0.466 e. The lowest BCUT2D eigenvalue weighted by Gasteiger charge is -2.63. The highest BCUT2D eigenvalue weighted by Crippen LogP contribution is 2.39. The molecule has 3 rings (SSSR count). The van der Waals surface area contributed by atoms with Gasteiger partial charge in [0.1, 0.15) is 5.79 Å². The zero-order chi connectivity index (χ0) is 18.6. The lowest BCUT2D eigenvalue weighted by Crippen LogP contribution is -2.77. The maximum absolute atomic E-state index is 12.7.